The molecule has 1 N–H and O–H groups in total. The Morgan fingerprint density at radius 2 is 1.76 bits per heavy atom. The Labute approximate surface area is 127 Å². The highest BCUT2D eigenvalue weighted by molar-refractivity contribution is 5.76. The lowest BCUT2D eigenvalue weighted by atomic mass is 10.0. The van der Waals surface area contributed by atoms with Gasteiger partial charge in [-0.2, -0.15) is 0 Å². The van der Waals surface area contributed by atoms with E-state index < -0.39 is 5.60 Å². The van der Waals surface area contributed by atoms with Gasteiger partial charge in [-0.15, -0.1) is 0 Å². The zero-order valence-electron chi connectivity index (χ0n) is 14.1. The fourth-order valence-electron chi connectivity index (χ4n) is 2.09. The Bertz CT molecular complexity index is 481. The summed E-state index contributed by atoms with van der Waals surface area (Å²) in [5, 5.41) is 3.32. The average Bonchev–Trinajstić information content (AvgIpc) is 2.33. The van der Waals surface area contributed by atoms with Crippen LogP contribution in [0.25, 0.3) is 0 Å². The number of aromatic nitrogens is 2. The van der Waals surface area contributed by atoms with Crippen molar-refractivity contribution in [2.24, 2.45) is 5.92 Å². The molecule has 0 spiro atoms. The second-order valence-corrected chi connectivity index (χ2v) is 6.67. The van der Waals surface area contributed by atoms with Crippen molar-refractivity contribution < 1.29 is 9.53 Å². The molecule has 118 valence electrons. The second kappa shape index (κ2) is 6.98. The van der Waals surface area contributed by atoms with Crippen LogP contribution >= 0.6 is 0 Å². The maximum absolute atomic E-state index is 12.3. The van der Waals surface area contributed by atoms with Gasteiger partial charge in [-0.1, -0.05) is 13.8 Å². The molecule has 0 fully saturated rings. The first-order valence-corrected chi connectivity index (χ1v) is 7.38. The summed E-state index contributed by atoms with van der Waals surface area (Å²) in [4.78, 5) is 20.9. The molecular formula is C16H27N3O2. The van der Waals surface area contributed by atoms with Crippen LogP contribution in [0.4, 0.5) is 0 Å². The zero-order chi connectivity index (χ0) is 16.2. The molecule has 0 aliphatic rings. The van der Waals surface area contributed by atoms with Gasteiger partial charge in [0.25, 0.3) is 0 Å². The van der Waals surface area contributed by atoms with E-state index in [9.17, 15) is 4.79 Å². The van der Waals surface area contributed by atoms with Crippen LogP contribution in [0.1, 0.15) is 59.0 Å². The average molecular weight is 293 g/mol. The van der Waals surface area contributed by atoms with Gasteiger partial charge in [-0.25, -0.2) is 0 Å². The van der Waals surface area contributed by atoms with E-state index in [0.29, 0.717) is 0 Å². The summed E-state index contributed by atoms with van der Waals surface area (Å²) in [7, 11) is 0. The predicted molar refractivity (Wildman–Crippen MR) is 82.8 cm³/mol. The van der Waals surface area contributed by atoms with Gasteiger partial charge in [0.1, 0.15) is 11.6 Å². The molecule has 2 atom stereocenters. The quantitative estimate of drug-likeness (QED) is 0.846. The van der Waals surface area contributed by atoms with E-state index in [-0.39, 0.29) is 24.0 Å². The van der Waals surface area contributed by atoms with Crippen molar-refractivity contribution in [1.29, 1.82) is 0 Å². The Kier molecular flexibility index (Phi) is 5.84. The molecule has 0 aromatic carbocycles. The fourth-order valence-corrected chi connectivity index (χ4v) is 2.09. The lowest BCUT2D eigenvalue weighted by molar-refractivity contribution is -0.159. The highest BCUT2D eigenvalue weighted by Crippen LogP contribution is 2.17. The van der Waals surface area contributed by atoms with Crippen molar-refractivity contribution in [2.75, 3.05) is 0 Å². The highest BCUT2D eigenvalue weighted by Gasteiger charge is 2.29. The van der Waals surface area contributed by atoms with E-state index in [1.54, 1.807) is 12.4 Å². The van der Waals surface area contributed by atoms with Gasteiger partial charge in [0.2, 0.25) is 0 Å². The Morgan fingerprint density at radius 3 is 2.24 bits per heavy atom. The van der Waals surface area contributed by atoms with Crippen LogP contribution < -0.4 is 5.32 Å². The molecule has 0 saturated carbocycles. The van der Waals surface area contributed by atoms with Crippen molar-refractivity contribution in [3.8, 4) is 0 Å². The van der Waals surface area contributed by atoms with E-state index >= 15 is 0 Å². The van der Waals surface area contributed by atoms with Crippen molar-refractivity contribution in [2.45, 2.75) is 66.2 Å². The molecule has 5 heteroatoms. The fraction of sp³-hybridized carbons (Fsp3) is 0.688. The van der Waals surface area contributed by atoms with Crippen molar-refractivity contribution in [1.82, 2.24) is 15.3 Å². The summed E-state index contributed by atoms with van der Waals surface area (Å²) in [5.74, 6) is -0.106. The summed E-state index contributed by atoms with van der Waals surface area (Å²) in [6.07, 6.45) is 3.33. The van der Waals surface area contributed by atoms with E-state index in [0.717, 1.165) is 11.4 Å². The number of aryl methyl sites for hydroxylation is 1. The molecular weight excluding hydrogens is 266 g/mol. The summed E-state index contributed by atoms with van der Waals surface area (Å²) in [6, 6.07) is -0.445. The molecule has 5 nitrogen and oxygen atoms in total. The van der Waals surface area contributed by atoms with E-state index in [1.807, 2.05) is 48.5 Å². The van der Waals surface area contributed by atoms with Gasteiger partial charge in [0.05, 0.1) is 11.4 Å². The van der Waals surface area contributed by atoms with Crippen LogP contribution in [0.15, 0.2) is 12.4 Å². The number of carbonyl (C=O) groups excluding carboxylic acids is 1. The number of carbonyl (C=O) groups is 1. The summed E-state index contributed by atoms with van der Waals surface area (Å²) >= 11 is 0. The Morgan fingerprint density at radius 1 is 1.19 bits per heavy atom. The number of nitrogens with one attached hydrogen (secondary N) is 1. The molecule has 1 aromatic heterocycles. The lowest BCUT2D eigenvalue weighted by Gasteiger charge is -2.28. The minimum absolute atomic E-state index is 0.0707. The van der Waals surface area contributed by atoms with Gasteiger partial charge >= 0.3 is 5.97 Å². The first-order valence-electron chi connectivity index (χ1n) is 7.38. The maximum Gasteiger partial charge on any atom is 0.323 e. The maximum atomic E-state index is 12.3. The molecule has 0 aliphatic heterocycles. The number of esters is 1. The van der Waals surface area contributed by atoms with Crippen molar-refractivity contribution in [3.63, 3.8) is 0 Å². The van der Waals surface area contributed by atoms with Gasteiger partial charge in [-0.3, -0.25) is 20.1 Å². The summed E-state index contributed by atoms with van der Waals surface area (Å²) < 4.78 is 5.49. The summed E-state index contributed by atoms with van der Waals surface area (Å²) in [6.45, 7) is 13.5. The second-order valence-electron chi connectivity index (χ2n) is 6.67. The van der Waals surface area contributed by atoms with Crippen LogP contribution in [0.5, 0.6) is 0 Å². The van der Waals surface area contributed by atoms with Gasteiger partial charge in [-0.05, 0) is 40.5 Å². The van der Waals surface area contributed by atoms with Crippen molar-refractivity contribution in [3.05, 3.63) is 23.8 Å². The third-order valence-electron chi connectivity index (χ3n) is 3.09. The minimum Gasteiger partial charge on any atom is -0.459 e. The molecule has 1 aromatic rings. The molecule has 0 saturated heterocycles. The van der Waals surface area contributed by atoms with Gasteiger partial charge in [0, 0.05) is 18.4 Å². The van der Waals surface area contributed by atoms with Crippen LogP contribution in [0.3, 0.4) is 0 Å². The molecule has 0 radical (unpaired) electrons. The van der Waals surface area contributed by atoms with Crippen LogP contribution in [-0.4, -0.2) is 27.6 Å². The van der Waals surface area contributed by atoms with Gasteiger partial charge < -0.3 is 4.74 Å². The van der Waals surface area contributed by atoms with E-state index in [2.05, 4.69) is 15.3 Å². The lowest BCUT2D eigenvalue weighted by Crippen LogP contribution is -2.45. The molecule has 1 rings (SSSR count). The highest BCUT2D eigenvalue weighted by atomic mass is 16.6. The minimum atomic E-state index is -0.488. The molecule has 1 unspecified atom stereocenters. The Hall–Kier alpha value is -1.49. The smallest absolute Gasteiger partial charge is 0.323 e. The molecule has 21 heavy (non-hydrogen) atoms. The van der Waals surface area contributed by atoms with E-state index in [1.165, 1.54) is 0 Å². The summed E-state index contributed by atoms with van der Waals surface area (Å²) in [5.41, 5.74) is 1.23. The largest absolute Gasteiger partial charge is 0.459 e. The van der Waals surface area contributed by atoms with Crippen LogP contribution in [0, 0.1) is 12.8 Å². The molecule has 0 aliphatic carbocycles. The predicted octanol–water partition coefficient (Wildman–Crippen LogP) is 2.80. The van der Waals surface area contributed by atoms with E-state index in [4.69, 9.17) is 4.74 Å². The normalized spacial score (nSPS) is 14.9. The van der Waals surface area contributed by atoms with Crippen molar-refractivity contribution >= 4 is 5.97 Å². The standard InChI is InChI=1S/C16H27N3O2/c1-10(2)13(15(20)21-16(5,6)7)19-12(4)14-11(3)17-8-9-18-14/h8-10,12-13,19H,1-7H3/t12?,13-/m0/s1. The third-order valence-corrected chi connectivity index (χ3v) is 3.09. The first-order chi connectivity index (χ1) is 9.61. The topological polar surface area (TPSA) is 64.1 Å². The SMILES string of the molecule is Cc1nccnc1C(C)N[C@H](C(=O)OC(C)(C)C)C(C)C. The van der Waals surface area contributed by atoms with Gasteiger partial charge in [0.15, 0.2) is 0 Å². The number of hydrogen-bond donors (Lipinski definition) is 1. The molecule has 0 amide bonds. The monoisotopic (exact) mass is 293 g/mol. The molecule has 1 heterocycles. The number of rotatable bonds is 5. The Balaban J connectivity index is 2.84. The number of ether oxygens (including phenoxy) is 1. The number of hydrogen-bond acceptors (Lipinski definition) is 5. The third kappa shape index (κ3) is 5.42. The van der Waals surface area contributed by atoms with Crippen LogP contribution in [0.2, 0.25) is 0 Å². The van der Waals surface area contributed by atoms with Crippen LogP contribution in [-0.2, 0) is 9.53 Å². The molecule has 0 bridgehead atoms. The first kappa shape index (κ1) is 17.6. The zero-order valence-corrected chi connectivity index (χ0v) is 14.1. The number of nitrogens with zero attached hydrogens (tertiary/aromatic N) is 2.